The first-order valence-corrected chi connectivity index (χ1v) is 5.26. The summed E-state index contributed by atoms with van der Waals surface area (Å²) in [5.74, 6) is -1.88. The molecule has 1 aromatic carbocycles. The molecule has 0 saturated heterocycles. The maximum Gasteiger partial charge on any atom is 0.416 e. The number of alkyl halides is 3. The summed E-state index contributed by atoms with van der Waals surface area (Å²) < 4.78 is 37.1. The second-order valence-corrected chi connectivity index (χ2v) is 4.27. The molecule has 0 aromatic heterocycles. The van der Waals surface area contributed by atoms with Crippen LogP contribution in [0.2, 0.25) is 0 Å². The monoisotopic (exact) mass is 261 g/mol. The van der Waals surface area contributed by atoms with Crippen molar-refractivity contribution in [3.63, 3.8) is 0 Å². The second kappa shape index (κ2) is 5.39. The van der Waals surface area contributed by atoms with Gasteiger partial charge in [-0.05, 0) is 31.8 Å². The van der Waals surface area contributed by atoms with Crippen LogP contribution in [0.15, 0.2) is 24.3 Å². The van der Waals surface area contributed by atoms with Gasteiger partial charge in [-0.15, -0.1) is 0 Å². The van der Waals surface area contributed by atoms with E-state index in [2.05, 4.69) is 0 Å². The van der Waals surface area contributed by atoms with E-state index in [1.54, 1.807) is 19.0 Å². The number of nitrogens with zero attached hydrogens (tertiary/aromatic N) is 1. The standard InChI is InChI=1S/C12H14F3NO2/c1-16(2)7-10(11(17)18)8-3-5-9(6-4-8)12(13,14)15/h3-6,10H,7H2,1-2H3,(H,17,18). The van der Waals surface area contributed by atoms with Gasteiger partial charge in [0.15, 0.2) is 0 Å². The molecule has 1 aromatic rings. The third-order valence-corrected chi connectivity index (χ3v) is 2.49. The van der Waals surface area contributed by atoms with Crippen molar-refractivity contribution in [2.75, 3.05) is 20.6 Å². The van der Waals surface area contributed by atoms with E-state index >= 15 is 0 Å². The Hall–Kier alpha value is -1.56. The van der Waals surface area contributed by atoms with Crippen molar-refractivity contribution >= 4 is 5.97 Å². The van der Waals surface area contributed by atoms with E-state index in [9.17, 15) is 18.0 Å². The molecule has 0 aliphatic heterocycles. The van der Waals surface area contributed by atoms with Crippen LogP contribution in [-0.4, -0.2) is 36.6 Å². The molecule has 0 spiro atoms. The number of carbonyl (C=O) groups is 1. The highest BCUT2D eigenvalue weighted by atomic mass is 19.4. The quantitative estimate of drug-likeness (QED) is 0.905. The van der Waals surface area contributed by atoms with E-state index in [0.29, 0.717) is 5.56 Å². The molecule has 18 heavy (non-hydrogen) atoms. The predicted octanol–water partition coefficient (Wildman–Crippen LogP) is 2.44. The van der Waals surface area contributed by atoms with Crippen LogP contribution in [0.4, 0.5) is 13.2 Å². The molecule has 0 amide bonds. The highest BCUT2D eigenvalue weighted by Crippen LogP contribution is 2.30. The van der Waals surface area contributed by atoms with E-state index in [1.807, 2.05) is 0 Å². The van der Waals surface area contributed by atoms with Gasteiger partial charge < -0.3 is 10.0 Å². The summed E-state index contributed by atoms with van der Waals surface area (Å²) in [5, 5.41) is 9.06. The molecule has 3 nitrogen and oxygen atoms in total. The van der Waals surface area contributed by atoms with Crippen molar-refractivity contribution in [2.45, 2.75) is 12.1 Å². The number of likely N-dealkylation sites (N-methyl/N-ethyl adjacent to an activating group) is 1. The summed E-state index contributed by atoms with van der Waals surface area (Å²) in [5.41, 5.74) is -0.413. The summed E-state index contributed by atoms with van der Waals surface area (Å²) in [6, 6.07) is 4.23. The van der Waals surface area contributed by atoms with E-state index in [1.165, 1.54) is 12.1 Å². The lowest BCUT2D eigenvalue weighted by Crippen LogP contribution is -2.26. The van der Waals surface area contributed by atoms with E-state index in [0.717, 1.165) is 12.1 Å². The van der Waals surface area contributed by atoms with Gasteiger partial charge in [0, 0.05) is 6.54 Å². The molecule has 1 atom stereocenters. The zero-order chi connectivity index (χ0) is 13.9. The van der Waals surface area contributed by atoms with E-state index in [4.69, 9.17) is 5.11 Å². The highest BCUT2D eigenvalue weighted by molar-refractivity contribution is 5.76. The second-order valence-electron chi connectivity index (χ2n) is 4.27. The van der Waals surface area contributed by atoms with Crippen LogP contribution < -0.4 is 0 Å². The van der Waals surface area contributed by atoms with E-state index in [-0.39, 0.29) is 6.54 Å². The average Bonchev–Trinajstić information content (AvgIpc) is 2.24. The Kier molecular flexibility index (Phi) is 4.34. The number of halogens is 3. The predicted molar refractivity (Wildman–Crippen MR) is 60.4 cm³/mol. The molecular formula is C12H14F3NO2. The lowest BCUT2D eigenvalue weighted by Gasteiger charge is -2.18. The Balaban J connectivity index is 2.98. The highest BCUT2D eigenvalue weighted by Gasteiger charge is 2.30. The summed E-state index contributed by atoms with van der Waals surface area (Å²) >= 11 is 0. The normalized spacial score (nSPS) is 13.7. The minimum absolute atomic E-state index is 0.237. The molecule has 100 valence electrons. The largest absolute Gasteiger partial charge is 0.481 e. The number of carboxylic acids is 1. The average molecular weight is 261 g/mol. The van der Waals surface area contributed by atoms with Gasteiger partial charge in [0.1, 0.15) is 0 Å². The zero-order valence-corrected chi connectivity index (χ0v) is 10.0. The van der Waals surface area contributed by atoms with Crippen molar-refractivity contribution in [1.82, 2.24) is 4.90 Å². The lowest BCUT2D eigenvalue weighted by atomic mass is 9.97. The van der Waals surface area contributed by atoms with Crippen molar-refractivity contribution < 1.29 is 23.1 Å². The summed E-state index contributed by atoms with van der Waals surface area (Å²) in [7, 11) is 3.42. The molecule has 1 rings (SSSR count). The Morgan fingerprint density at radius 2 is 1.78 bits per heavy atom. The lowest BCUT2D eigenvalue weighted by molar-refractivity contribution is -0.139. The Labute approximate surface area is 103 Å². The summed E-state index contributed by atoms with van der Waals surface area (Å²) in [6.07, 6.45) is -4.40. The smallest absolute Gasteiger partial charge is 0.416 e. The van der Waals surface area contributed by atoms with Crippen LogP contribution in [0, 0.1) is 0 Å². The molecule has 0 saturated carbocycles. The fraction of sp³-hybridized carbons (Fsp3) is 0.417. The molecule has 0 heterocycles. The van der Waals surface area contributed by atoms with Gasteiger partial charge in [0.05, 0.1) is 11.5 Å². The van der Waals surface area contributed by atoms with Crippen molar-refractivity contribution in [2.24, 2.45) is 0 Å². The van der Waals surface area contributed by atoms with Gasteiger partial charge in [0.2, 0.25) is 0 Å². The number of rotatable bonds is 4. The summed E-state index contributed by atoms with van der Waals surface area (Å²) in [6.45, 7) is 0.237. The van der Waals surface area contributed by atoms with Crippen LogP contribution in [0.1, 0.15) is 17.0 Å². The van der Waals surface area contributed by atoms with Gasteiger partial charge in [-0.25, -0.2) is 0 Å². The Morgan fingerprint density at radius 3 is 2.11 bits per heavy atom. The number of hydrogen-bond acceptors (Lipinski definition) is 2. The van der Waals surface area contributed by atoms with Gasteiger partial charge in [-0.2, -0.15) is 13.2 Å². The third-order valence-electron chi connectivity index (χ3n) is 2.49. The molecule has 1 N–H and O–H groups in total. The number of benzene rings is 1. The number of hydrogen-bond donors (Lipinski definition) is 1. The molecule has 1 unspecified atom stereocenters. The SMILES string of the molecule is CN(C)CC(C(=O)O)c1ccc(C(F)(F)F)cc1. The first-order chi connectivity index (χ1) is 8.21. The fourth-order valence-corrected chi connectivity index (χ4v) is 1.60. The molecule has 0 fully saturated rings. The van der Waals surface area contributed by atoms with Gasteiger partial charge >= 0.3 is 12.1 Å². The molecular weight excluding hydrogens is 247 g/mol. The maximum absolute atomic E-state index is 12.4. The number of carboxylic acid groups (broad SMARTS) is 1. The number of aliphatic carboxylic acids is 1. The van der Waals surface area contributed by atoms with Crippen LogP contribution in [0.3, 0.4) is 0 Å². The van der Waals surface area contributed by atoms with Gasteiger partial charge in [-0.3, -0.25) is 4.79 Å². The van der Waals surface area contributed by atoms with Gasteiger partial charge in [-0.1, -0.05) is 12.1 Å². The first-order valence-electron chi connectivity index (χ1n) is 5.26. The van der Waals surface area contributed by atoms with Crippen LogP contribution in [0.25, 0.3) is 0 Å². The van der Waals surface area contributed by atoms with Crippen molar-refractivity contribution in [3.8, 4) is 0 Å². The molecule has 0 aliphatic rings. The van der Waals surface area contributed by atoms with Crippen LogP contribution >= 0.6 is 0 Å². The van der Waals surface area contributed by atoms with Gasteiger partial charge in [0.25, 0.3) is 0 Å². The Bertz CT molecular complexity index is 412. The fourth-order valence-electron chi connectivity index (χ4n) is 1.60. The Morgan fingerprint density at radius 1 is 1.28 bits per heavy atom. The summed E-state index contributed by atoms with van der Waals surface area (Å²) in [4.78, 5) is 12.7. The van der Waals surface area contributed by atoms with Crippen LogP contribution in [0.5, 0.6) is 0 Å². The molecule has 6 heteroatoms. The third kappa shape index (κ3) is 3.73. The van der Waals surface area contributed by atoms with Crippen molar-refractivity contribution in [3.05, 3.63) is 35.4 Å². The zero-order valence-electron chi connectivity index (χ0n) is 10.0. The molecule has 0 aliphatic carbocycles. The van der Waals surface area contributed by atoms with Crippen LogP contribution in [-0.2, 0) is 11.0 Å². The molecule has 0 radical (unpaired) electrons. The van der Waals surface area contributed by atoms with E-state index < -0.39 is 23.6 Å². The first kappa shape index (κ1) is 14.5. The van der Waals surface area contributed by atoms with Crippen molar-refractivity contribution in [1.29, 1.82) is 0 Å². The minimum atomic E-state index is -4.40. The minimum Gasteiger partial charge on any atom is -0.481 e. The topological polar surface area (TPSA) is 40.5 Å². The maximum atomic E-state index is 12.4. The molecule has 0 bridgehead atoms.